The molecule has 0 aliphatic heterocycles. The number of nitrogens with zero attached hydrogens (tertiary/aromatic N) is 4. The van der Waals surface area contributed by atoms with Gasteiger partial charge in [0.15, 0.2) is 11.4 Å². The summed E-state index contributed by atoms with van der Waals surface area (Å²) in [4.78, 5) is 26.6. The van der Waals surface area contributed by atoms with Crippen LogP contribution in [0.15, 0.2) is 54.9 Å². The number of nitrogens with two attached hydrogens (primary N) is 1. The molecule has 5 rings (SSSR count). The molecular weight excluding hydrogens is 487 g/mol. The minimum absolute atomic E-state index is 0.388. The molecular formula is C26H20F3N5O3. The lowest BCUT2D eigenvalue weighted by Gasteiger charge is -2.15. The lowest BCUT2D eigenvalue weighted by Crippen LogP contribution is -2.21. The van der Waals surface area contributed by atoms with Gasteiger partial charge in [0.2, 0.25) is 0 Å². The van der Waals surface area contributed by atoms with Crippen molar-refractivity contribution in [2.24, 2.45) is 0 Å². The van der Waals surface area contributed by atoms with Crippen LogP contribution in [-0.4, -0.2) is 42.3 Å². The predicted molar refractivity (Wildman–Crippen MR) is 129 cm³/mol. The Hall–Kier alpha value is -4.56. The molecule has 4 N–H and O–H groups in total. The number of aliphatic carboxylic acids is 1. The molecule has 1 aliphatic rings. The number of hydrogen-bond donors (Lipinski definition) is 3. The number of hydrogen-bond acceptors (Lipinski definition) is 7. The third-order valence-corrected chi connectivity index (χ3v) is 5.54. The summed E-state index contributed by atoms with van der Waals surface area (Å²) < 4.78 is 31.7. The number of carboxylic acids is 1. The van der Waals surface area contributed by atoms with Crippen molar-refractivity contribution in [3.8, 4) is 23.2 Å². The second-order valence-electron chi connectivity index (χ2n) is 8.29. The number of pyridine rings is 2. The molecule has 0 fully saturated rings. The third-order valence-electron chi connectivity index (χ3n) is 5.54. The highest BCUT2D eigenvalue weighted by Crippen LogP contribution is 2.34. The molecule has 188 valence electrons. The van der Waals surface area contributed by atoms with Crippen molar-refractivity contribution in [3.05, 3.63) is 77.4 Å². The molecule has 1 aromatic carbocycles. The maximum Gasteiger partial charge on any atom is 0.490 e. The predicted octanol–water partition coefficient (Wildman–Crippen LogP) is 3.80. The highest BCUT2D eigenvalue weighted by Gasteiger charge is 2.38. The van der Waals surface area contributed by atoms with E-state index in [1.54, 1.807) is 12.4 Å². The van der Waals surface area contributed by atoms with Crippen molar-refractivity contribution in [1.29, 1.82) is 0 Å². The molecule has 0 saturated heterocycles. The first kappa shape index (κ1) is 25.5. The summed E-state index contributed by atoms with van der Waals surface area (Å²) in [5.41, 5.74) is 9.58. The van der Waals surface area contributed by atoms with Gasteiger partial charge in [-0.25, -0.2) is 19.7 Å². The van der Waals surface area contributed by atoms with E-state index in [2.05, 4.69) is 31.8 Å². The number of carbonyl (C=O) groups is 1. The van der Waals surface area contributed by atoms with E-state index in [1.165, 1.54) is 0 Å². The van der Waals surface area contributed by atoms with Gasteiger partial charge in [0, 0.05) is 34.6 Å². The topological polar surface area (TPSA) is 135 Å². The van der Waals surface area contributed by atoms with Crippen molar-refractivity contribution < 1.29 is 28.2 Å². The number of fused-ring (bicyclic) bond motifs is 2. The van der Waals surface area contributed by atoms with E-state index in [4.69, 9.17) is 15.6 Å². The smallest absolute Gasteiger partial charge is 0.475 e. The van der Waals surface area contributed by atoms with Crippen LogP contribution in [0.1, 0.15) is 28.9 Å². The van der Waals surface area contributed by atoms with Crippen molar-refractivity contribution in [3.63, 3.8) is 0 Å². The maximum atomic E-state index is 11.0. The van der Waals surface area contributed by atoms with Crippen LogP contribution in [0.5, 0.6) is 0 Å². The van der Waals surface area contributed by atoms with Crippen LogP contribution in [0.3, 0.4) is 0 Å². The van der Waals surface area contributed by atoms with E-state index in [1.807, 2.05) is 49.4 Å². The number of rotatable bonds is 1. The Labute approximate surface area is 209 Å². The number of carboxylic acid groups (broad SMARTS) is 1. The zero-order valence-corrected chi connectivity index (χ0v) is 19.4. The molecule has 11 heteroatoms. The van der Waals surface area contributed by atoms with Crippen molar-refractivity contribution in [2.75, 3.05) is 5.73 Å². The first-order valence-electron chi connectivity index (χ1n) is 11.0. The van der Waals surface area contributed by atoms with Crippen molar-refractivity contribution in [2.45, 2.75) is 31.5 Å². The Kier molecular flexibility index (Phi) is 6.78. The second kappa shape index (κ2) is 9.83. The molecule has 3 heterocycles. The molecule has 3 aromatic heterocycles. The summed E-state index contributed by atoms with van der Waals surface area (Å²) in [5.74, 6) is 4.31. The minimum atomic E-state index is -5.08. The van der Waals surface area contributed by atoms with Gasteiger partial charge < -0.3 is 15.9 Å². The van der Waals surface area contributed by atoms with E-state index >= 15 is 0 Å². The van der Waals surface area contributed by atoms with E-state index < -0.39 is 17.7 Å². The van der Waals surface area contributed by atoms with Gasteiger partial charge in [-0.15, -0.1) is 0 Å². The van der Waals surface area contributed by atoms with Crippen LogP contribution in [0.25, 0.3) is 22.3 Å². The highest BCUT2D eigenvalue weighted by atomic mass is 19.4. The Morgan fingerprint density at radius 3 is 2.62 bits per heavy atom. The number of benzene rings is 1. The summed E-state index contributed by atoms with van der Waals surface area (Å²) >= 11 is 0. The van der Waals surface area contributed by atoms with Crippen LogP contribution in [0.4, 0.5) is 19.0 Å². The number of alkyl halides is 3. The number of aliphatic hydroxyl groups is 1. The van der Waals surface area contributed by atoms with E-state index in [9.17, 15) is 18.3 Å². The molecule has 4 aromatic rings. The van der Waals surface area contributed by atoms with Crippen LogP contribution in [-0.2, 0) is 16.8 Å². The molecule has 0 spiro atoms. The van der Waals surface area contributed by atoms with Gasteiger partial charge in [-0.3, -0.25) is 4.98 Å². The fraction of sp³-hybridized carbons (Fsp3) is 0.192. The minimum Gasteiger partial charge on any atom is -0.475 e. The quantitative estimate of drug-likeness (QED) is 0.331. The van der Waals surface area contributed by atoms with Gasteiger partial charge in [-0.05, 0) is 49.6 Å². The number of aromatic nitrogens is 4. The molecule has 8 nitrogen and oxygen atoms in total. The summed E-state index contributed by atoms with van der Waals surface area (Å²) in [6.45, 7) is 1.89. The summed E-state index contributed by atoms with van der Waals surface area (Å²) in [7, 11) is 0. The van der Waals surface area contributed by atoms with Gasteiger partial charge in [0.25, 0.3) is 0 Å². The fourth-order valence-electron chi connectivity index (χ4n) is 3.82. The summed E-state index contributed by atoms with van der Waals surface area (Å²) in [5, 5.41) is 19.0. The van der Waals surface area contributed by atoms with Crippen LogP contribution < -0.4 is 5.73 Å². The van der Waals surface area contributed by atoms with E-state index in [0.717, 1.165) is 34.2 Å². The molecule has 1 atom stereocenters. The monoisotopic (exact) mass is 507 g/mol. The normalized spacial score (nSPS) is 16.2. The average molecular weight is 507 g/mol. The molecule has 0 amide bonds. The standard InChI is InChI=1S/C24H19N5O.C2HF3O2/c1-15-12-19-14-27-23(29-20(19)22(25)28-15)18-5-2-4-16(13-18)7-9-24(30)10-8-17-6-3-11-26-21(17)24;3-2(4,5)1(6)7/h2-6,11-14,30H,8,10H2,1H3,(H2,25,28);(H,6,7)/t24-;/m0./s1. The number of nitrogen functional groups attached to an aromatic ring is 1. The number of aryl methyl sites for hydroxylation is 2. The Balaban J connectivity index is 0.000000405. The van der Waals surface area contributed by atoms with Crippen LogP contribution in [0, 0.1) is 18.8 Å². The number of halogens is 3. The van der Waals surface area contributed by atoms with E-state index in [-0.39, 0.29) is 0 Å². The van der Waals surface area contributed by atoms with Crippen LogP contribution in [0.2, 0.25) is 0 Å². The molecule has 1 aliphatic carbocycles. The lowest BCUT2D eigenvalue weighted by atomic mass is 10.0. The Morgan fingerprint density at radius 2 is 1.89 bits per heavy atom. The molecule has 37 heavy (non-hydrogen) atoms. The second-order valence-corrected chi connectivity index (χ2v) is 8.29. The highest BCUT2D eigenvalue weighted by molar-refractivity contribution is 5.88. The van der Waals surface area contributed by atoms with Gasteiger partial charge >= 0.3 is 12.1 Å². The molecule has 0 bridgehead atoms. The van der Waals surface area contributed by atoms with Crippen molar-refractivity contribution in [1.82, 2.24) is 19.9 Å². The average Bonchev–Trinajstić information content (AvgIpc) is 3.20. The van der Waals surface area contributed by atoms with Gasteiger partial charge in [0.1, 0.15) is 11.3 Å². The summed E-state index contributed by atoms with van der Waals surface area (Å²) in [6.07, 6.45) is -0.318. The first-order chi connectivity index (χ1) is 17.5. The first-order valence-corrected chi connectivity index (χ1v) is 11.0. The largest absolute Gasteiger partial charge is 0.490 e. The Bertz CT molecular complexity index is 1560. The van der Waals surface area contributed by atoms with Crippen LogP contribution >= 0.6 is 0 Å². The molecule has 0 radical (unpaired) electrons. The van der Waals surface area contributed by atoms with Crippen molar-refractivity contribution >= 4 is 22.7 Å². The molecule has 0 unspecified atom stereocenters. The maximum absolute atomic E-state index is 11.0. The third kappa shape index (κ3) is 5.65. The summed E-state index contributed by atoms with van der Waals surface area (Å²) in [6, 6.07) is 13.4. The SMILES string of the molecule is Cc1cc2cnc(-c3cccc(C#C[C@]4(O)CCc5cccnc54)c3)nc2c(N)n1.O=C(O)C(F)(F)F. The Morgan fingerprint density at radius 1 is 1.14 bits per heavy atom. The van der Waals surface area contributed by atoms with Gasteiger partial charge in [-0.1, -0.05) is 30.0 Å². The number of anilines is 1. The van der Waals surface area contributed by atoms with E-state index in [0.29, 0.717) is 29.3 Å². The van der Waals surface area contributed by atoms with Gasteiger partial charge in [0.05, 0.1) is 5.69 Å². The fourth-order valence-corrected chi connectivity index (χ4v) is 3.82. The molecule has 0 saturated carbocycles. The zero-order chi connectivity index (χ0) is 26.8. The zero-order valence-electron chi connectivity index (χ0n) is 19.4. The lowest BCUT2D eigenvalue weighted by molar-refractivity contribution is -0.192. The van der Waals surface area contributed by atoms with Gasteiger partial charge in [-0.2, -0.15) is 13.2 Å².